The van der Waals surface area contributed by atoms with Crippen molar-refractivity contribution in [1.82, 2.24) is 4.90 Å². The van der Waals surface area contributed by atoms with E-state index in [1.807, 2.05) is 32.9 Å². The number of carbonyl (C=O) groups is 2. The van der Waals surface area contributed by atoms with Crippen molar-refractivity contribution in [3.05, 3.63) is 35.4 Å². The zero-order chi connectivity index (χ0) is 13.4. The first-order valence-electron chi connectivity index (χ1n) is 5.96. The van der Waals surface area contributed by atoms with Crippen LogP contribution in [0, 0.1) is 6.92 Å². The number of aryl methyl sites for hydroxylation is 1. The Morgan fingerprint density at radius 3 is 2.12 bits per heavy atom. The maximum Gasteiger partial charge on any atom is 0.260 e. The number of benzene rings is 1. The first-order chi connectivity index (χ1) is 8.07. The molecule has 1 aromatic carbocycles. The van der Waals surface area contributed by atoms with E-state index in [1.165, 1.54) is 11.8 Å². The van der Waals surface area contributed by atoms with Crippen LogP contribution in [0.1, 0.15) is 43.6 Å². The molecule has 0 bridgehead atoms. The van der Waals surface area contributed by atoms with E-state index in [0.29, 0.717) is 12.1 Å². The average molecular weight is 235 g/mol. The molecule has 3 heteroatoms. The summed E-state index contributed by atoms with van der Waals surface area (Å²) in [5.41, 5.74) is 1.48. The van der Waals surface area contributed by atoms with Gasteiger partial charge in [-0.2, -0.15) is 0 Å². The van der Waals surface area contributed by atoms with Crippen molar-refractivity contribution in [2.24, 2.45) is 0 Å². The molecule has 94 valence electrons. The molecule has 0 spiro atoms. The van der Waals surface area contributed by atoms with Gasteiger partial charge in [-0.05, 0) is 25.5 Å². The Kier molecular flexibility index (Phi) is 6.87. The minimum absolute atomic E-state index is 0.217. The van der Waals surface area contributed by atoms with Crippen molar-refractivity contribution in [3.63, 3.8) is 0 Å². The molecule has 0 radical (unpaired) electrons. The Bertz CT molecular complexity index is 386. The first kappa shape index (κ1) is 15.4. The summed E-state index contributed by atoms with van der Waals surface area (Å²) in [7, 11) is 0. The standard InChI is InChI=1S/C12H15NO2.C2H6/c1-4-13(10(3)14)12(15)11-8-6-5-7-9(11)2;1-2/h5-8H,4H2,1-3H3;1-2H3. The molecule has 0 saturated carbocycles. The molecule has 2 amide bonds. The van der Waals surface area contributed by atoms with E-state index in [-0.39, 0.29) is 11.8 Å². The third-order valence-corrected chi connectivity index (χ3v) is 2.32. The van der Waals surface area contributed by atoms with Crippen molar-refractivity contribution in [3.8, 4) is 0 Å². The molecule has 3 nitrogen and oxygen atoms in total. The highest BCUT2D eigenvalue weighted by atomic mass is 16.2. The number of nitrogens with zero attached hydrogens (tertiary/aromatic N) is 1. The summed E-state index contributed by atoms with van der Waals surface area (Å²) in [5, 5.41) is 0. The smallest absolute Gasteiger partial charge is 0.260 e. The maximum absolute atomic E-state index is 11.9. The van der Waals surface area contributed by atoms with Crippen molar-refractivity contribution in [2.75, 3.05) is 6.54 Å². The normalized spacial score (nSPS) is 9.00. The predicted molar refractivity (Wildman–Crippen MR) is 69.9 cm³/mol. The second kappa shape index (κ2) is 7.60. The summed E-state index contributed by atoms with van der Waals surface area (Å²) in [6.07, 6.45) is 0. The zero-order valence-electron chi connectivity index (χ0n) is 11.3. The molecule has 0 aromatic heterocycles. The summed E-state index contributed by atoms with van der Waals surface area (Å²) >= 11 is 0. The average Bonchev–Trinajstić information content (AvgIpc) is 2.32. The third kappa shape index (κ3) is 4.02. The van der Waals surface area contributed by atoms with Crippen LogP contribution in [-0.4, -0.2) is 23.3 Å². The molecule has 0 atom stereocenters. The number of amides is 2. The molecule has 0 aliphatic heterocycles. The summed E-state index contributed by atoms with van der Waals surface area (Å²) in [5.74, 6) is -0.436. The van der Waals surface area contributed by atoms with E-state index in [9.17, 15) is 9.59 Å². The van der Waals surface area contributed by atoms with Crippen LogP contribution in [0.3, 0.4) is 0 Å². The largest absolute Gasteiger partial charge is 0.279 e. The third-order valence-electron chi connectivity index (χ3n) is 2.32. The van der Waals surface area contributed by atoms with Crippen LogP contribution in [0.4, 0.5) is 0 Å². The van der Waals surface area contributed by atoms with Crippen LogP contribution >= 0.6 is 0 Å². The molecule has 0 aliphatic carbocycles. The van der Waals surface area contributed by atoms with Gasteiger partial charge in [0, 0.05) is 19.0 Å². The molecule has 17 heavy (non-hydrogen) atoms. The van der Waals surface area contributed by atoms with Crippen LogP contribution in [0.5, 0.6) is 0 Å². The van der Waals surface area contributed by atoms with Gasteiger partial charge in [0.15, 0.2) is 0 Å². The zero-order valence-corrected chi connectivity index (χ0v) is 11.3. The SMILES string of the molecule is CC.CCN(C(C)=O)C(=O)c1ccccc1C. The van der Waals surface area contributed by atoms with E-state index in [0.717, 1.165) is 5.56 Å². The highest BCUT2D eigenvalue weighted by Crippen LogP contribution is 2.10. The van der Waals surface area contributed by atoms with Crippen molar-refractivity contribution >= 4 is 11.8 Å². The van der Waals surface area contributed by atoms with Crippen LogP contribution in [0.2, 0.25) is 0 Å². The molecule has 1 aromatic rings. The van der Waals surface area contributed by atoms with E-state index in [4.69, 9.17) is 0 Å². The van der Waals surface area contributed by atoms with E-state index < -0.39 is 0 Å². The number of hydrogen-bond acceptors (Lipinski definition) is 2. The molecule has 0 heterocycles. The highest BCUT2D eigenvalue weighted by Gasteiger charge is 2.18. The van der Waals surface area contributed by atoms with E-state index in [1.54, 1.807) is 19.1 Å². The Morgan fingerprint density at radius 2 is 1.71 bits per heavy atom. The summed E-state index contributed by atoms with van der Waals surface area (Å²) < 4.78 is 0. The Balaban J connectivity index is 0.00000121. The molecule has 0 fully saturated rings. The van der Waals surface area contributed by atoms with Gasteiger partial charge in [0.05, 0.1) is 0 Å². The number of hydrogen-bond donors (Lipinski definition) is 0. The lowest BCUT2D eigenvalue weighted by atomic mass is 10.1. The lowest BCUT2D eigenvalue weighted by molar-refractivity contribution is -0.126. The van der Waals surface area contributed by atoms with E-state index >= 15 is 0 Å². The minimum atomic E-state index is -0.219. The molecule has 0 N–H and O–H groups in total. The van der Waals surface area contributed by atoms with Gasteiger partial charge in [-0.15, -0.1) is 0 Å². The van der Waals surface area contributed by atoms with Gasteiger partial charge in [-0.1, -0.05) is 32.0 Å². The Labute approximate surface area is 103 Å². The number of imide groups is 1. The van der Waals surface area contributed by atoms with E-state index in [2.05, 4.69) is 0 Å². The predicted octanol–water partition coefficient (Wildman–Crippen LogP) is 3.03. The summed E-state index contributed by atoms with van der Waals surface area (Å²) in [6.45, 7) is 9.46. The summed E-state index contributed by atoms with van der Waals surface area (Å²) in [6, 6.07) is 7.27. The maximum atomic E-state index is 11.9. The number of rotatable bonds is 2. The van der Waals surface area contributed by atoms with Crippen molar-refractivity contribution in [1.29, 1.82) is 0 Å². The molecular formula is C14H21NO2. The van der Waals surface area contributed by atoms with Crippen LogP contribution in [0.15, 0.2) is 24.3 Å². The molecule has 0 unspecified atom stereocenters. The van der Waals surface area contributed by atoms with Crippen molar-refractivity contribution < 1.29 is 9.59 Å². The number of carbonyl (C=O) groups excluding carboxylic acids is 2. The van der Waals surface area contributed by atoms with Crippen molar-refractivity contribution in [2.45, 2.75) is 34.6 Å². The summed E-state index contributed by atoms with van der Waals surface area (Å²) in [4.78, 5) is 24.4. The van der Waals surface area contributed by atoms with Gasteiger partial charge in [0.1, 0.15) is 0 Å². The molecule has 1 rings (SSSR count). The Hall–Kier alpha value is -1.64. The molecule has 0 saturated heterocycles. The second-order valence-corrected chi connectivity index (χ2v) is 3.38. The lowest BCUT2D eigenvalue weighted by Crippen LogP contribution is -2.35. The fourth-order valence-electron chi connectivity index (χ4n) is 1.47. The molecule has 0 aliphatic rings. The highest BCUT2D eigenvalue weighted by molar-refractivity contribution is 6.04. The van der Waals surface area contributed by atoms with Gasteiger partial charge in [-0.3, -0.25) is 14.5 Å². The fraction of sp³-hybridized carbons (Fsp3) is 0.429. The molecular weight excluding hydrogens is 214 g/mol. The van der Waals surface area contributed by atoms with Gasteiger partial charge in [0.2, 0.25) is 5.91 Å². The van der Waals surface area contributed by atoms with Crippen LogP contribution in [-0.2, 0) is 4.79 Å². The minimum Gasteiger partial charge on any atom is -0.279 e. The van der Waals surface area contributed by atoms with Crippen LogP contribution in [0.25, 0.3) is 0 Å². The monoisotopic (exact) mass is 235 g/mol. The van der Waals surface area contributed by atoms with Gasteiger partial charge in [0.25, 0.3) is 5.91 Å². The van der Waals surface area contributed by atoms with Gasteiger partial charge >= 0.3 is 0 Å². The fourth-order valence-corrected chi connectivity index (χ4v) is 1.47. The first-order valence-corrected chi connectivity index (χ1v) is 5.96. The Morgan fingerprint density at radius 1 is 1.18 bits per heavy atom. The second-order valence-electron chi connectivity index (χ2n) is 3.38. The van der Waals surface area contributed by atoms with Gasteiger partial charge < -0.3 is 0 Å². The lowest BCUT2D eigenvalue weighted by Gasteiger charge is -2.17. The van der Waals surface area contributed by atoms with Crippen LogP contribution < -0.4 is 0 Å². The van der Waals surface area contributed by atoms with Gasteiger partial charge in [-0.25, -0.2) is 0 Å². The topological polar surface area (TPSA) is 37.4 Å². The quantitative estimate of drug-likeness (QED) is 0.790.